The number of alkyl halides is 4. The first-order valence-electron chi connectivity index (χ1n) is 3.51. The minimum Gasteiger partial charge on any atom is -0.396 e. The maximum Gasteiger partial charge on any atom is 0.191 e. The van der Waals surface area contributed by atoms with Crippen LogP contribution in [0.15, 0.2) is 0 Å². The van der Waals surface area contributed by atoms with Crippen molar-refractivity contribution in [2.75, 3.05) is 6.61 Å². The summed E-state index contributed by atoms with van der Waals surface area (Å²) in [5.41, 5.74) is -0.274. The van der Waals surface area contributed by atoms with Crippen LogP contribution in [0.3, 0.4) is 0 Å². The van der Waals surface area contributed by atoms with Gasteiger partial charge in [-0.1, -0.05) is 64.6 Å². The molecule has 0 rings (SSSR count). The fourth-order valence-corrected chi connectivity index (χ4v) is 2.23. The molecule has 0 aliphatic heterocycles. The van der Waals surface area contributed by atoms with E-state index in [-0.39, 0.29) is 16.8 Å². The van der Waals surface area contributed by atoms with Crippen molar-refractivity contribution in [3.05, 3.63) is 0 Å². The average molecular weight is 298 g/mol. The van der Waals surface area contributed by atoms with Gasteiger partial charge in [0.1, 0.15) is 0 Å². The van der Waals surface area contributed by atoms with Crippen molar-refractivity contribution in [3.63, 3.8) is 0 Å². The number of aliphatic hydroxyl groups excluding tert-OH is 1. The molecule has 0 amide bonds. The minimum absolute atomic E-state index is 0.0116. The molecule has 0 aliphatic rings. The molecule has 5 heteroatoms. The summed E-state index contributed by atoms with van der Waals surface area (Å²) >= 11 is 20.2. The number of halogens is 4. The van der Waals surface area contributed by atoms with Crippen LogP contribution in [0.5, 0.6) is 0 Å². The van der Waals surface area contributed by atoms with E-state index in [1.54, 1.807) is 0 Å². The van der Waals surface area contributed by atoms with Crippen molar-refractivity contribution in [3.8, 4) is 0 Å². The lowest BCUT2D eigenvalue weighted by molar-refractivity contribution is 0.156. The number of rotatable bonds is 3. The third-order valence-corrected chi connectivity index (χ3v) is 3.69. The average Bonchev–Trinajstić information content (AvgIpc) is 1.84. The Morgan fingerprint density at radius 3 is 2.00 bits per heavy atom. The van der Waals surface area contributed by atoms with E-state index in [2.05, 4.69) is 15.9 Å². The second kappa shape index (κ2) is 4.70. The third-order valence-electron chi connectivity index (χ3n) is 1.67. The zero-order chi connectivity index (χ0) is 9.99. The summed E-state index contributed by atoms with van der Waals surface area (Å²) in [6, 6.07) is 0. The highest BCUT2D eigenvalue weighted by molar-refractivity contribution is 9.09. The van der Waals surface area contributed by atoms with Crippen molar-refractivity contribution in [2.45, 2.75) is 28.9 Å². The molecule has 0 radical (unpaired) electrons. The predicted octanol–water partition coefficient (Wildman–Crippen LogP) is 3.53. The van der Waals surface area contributed by atoms with E-state index in [1.807, 2.05) is 13.8 Å². The Bertz CT molecular complexity index is 144. The van der Waals surface area contributed by atoms with Crippen LogP contribution in [0.2, 0.25) is 0 Å². The largest absolute Gasteiger partial charge is 0.396 e. The number of hydrogen-bond acceptors (Lipinski definition) is 1. The molecule has 1 nitrogen and oxygen atoms in total. The van der Waals surface area contributed by atoms with Gasteiger partial charge < -0.3 is 5.11 Å². The summed E-state index contributed by atoms with van der Waals surface area (Å²) in [6.45, 7) is 3.87. The molecule has 1 N–H and O–H groups in total. The molecule has 0 saturated carbocycles. The van der Waals surface area contributed by atoms with Gasteiger partial charge >= 0.3 is 0 Å². The van der Waals surface area contributed by atoms with Crippen LogP contribution in [0.4, 0.5) is 0 Å². The lowest BCUT2D eigenvalue weighted by atomic mass is 9.89. The molecule has 1 atom stereocenters. The van der Waals surface area contributed by atoms with Crippen LogP contribution >= 0.6 is 50.7 Å². The normalized spacial score (nSPS) is 16.2. The Hall–Kier alpha value is 1.31. The highest BCUT2D eigenvalue weighted by Gasteiger charge is 2.33. The molecule has 0 spiro atoms. The van der Waals surface area contributed by atoms with E-state index >= 15 is 0 Å². The van der Waals surface area contributed by atoms with E-state index in [0.29, 0.717) is 6.42 Å². The lowest BCUT2D eigenvalue weighted by Crippen LogP contribution is -2.31. The maximum atomic E-state index is 9.00. The smallest absolute Gasteiger partial charge is 0.191 e. The van der Waals surface area contributed by atoms with Crippen molar-refractivity contribution in [2.24, 2.45) is 5.41 Å². The van der Waals surface area contributed by atoms with Crippen LogP contribution in [-0.4, -0.2) is 20.3 Å². The molecule has 0 heterocycles. The van der Waals surface area contributed by atoms with Crippen LogP contribution in [-0.2, 0) is 0 Å². The zero-order valence-electron chi connectivity index (χ0n) is 6.95. The first kappa shape index (κ1) is 13.3. The zero-order valence-corrected chi connectivity index (χ0v) is 10.8. The number of hydrogen-bond donors (Lipinski definition) is 1. The summed E-state index contributed by atoms with van der Waals surface area (Å²) in [5, 5.41) is 9.00. The molecule has 12 heavy (non-hydrogen) atoms. The van der Waals surface area contributed by atoms with Gasteiger partial charge in [-0.2, -0.15) is 0 Å². The molecule has 0 fully saturated rings. The second-order valence-electron chi connectivity index (χ2n) is 3.43. The fourth-order valence-electron chi connectivity index (χ4n) is 0.579. The molecule has 74 valence electrons. The Morgan fingerprint density at radius 1 is 1.33 bits per heavy atom. The van der Waals surface area contributed by atoms with Crippen LogP contribution in [0.1, 0.15) is 20.3 Å². The van der Waals surface area contributed by atoms with Gasteiger partial charge in [0.25, 0.3) is 0 Å². The van der Waals surface area contributed by atoms with Gasteiger partial charge in [0.15, 0.2) is 3.79 Å². The van der Waals surface area contributed by atoms with Crippen LogP contribution in [0, 0.1) is 5.41 Å². The van der Waals surface area contributed by atoms with Gasteiger partial charge in [-0.25, -0.2) is 0 Å². The Labute approximate surface area is 96.5 Å². The summed E-state index contributed by atoms with van der Waals surface area (Å²) in [4.78, 5) is -0.0116. The van der Waals surface area contributed by atoms with Gasteiger partial charge in [-0.05, 0) is 0 Å². The van der Waals surface area contributed by atoms with Crippen LogP contribution in [0.25, 0.3) is 0 Å². The van der Waals surface area contributed by atoms with Gasteiger partial charge in [0.05, 0.1) is 0 Å². The van der Waals surface area contributed by atoms with E-state index in [1.165, 1.54) is 0 Å². The summed E-state index contributed by atoms with van der Waals surface area (Å²) in [6.07, 6.45) is 0.380. The van der Waals surface area contributed by atoms with Crippen molar-refractivity contribution >= 4 is 50.7 Å². The Kier molecular flexibility index (Phi) is 5.21. The standard InChI is InChI=1S/C7H12BrCl3O/c1-6(2,4-12)5(8)3-7(9,10)11/h5,12H,3-4H2,1-2H3. The molecule has 0 saturated heterocycles. The second-order valence-corrected chi connectivity index (χ2v) is 7.05. The first-order valence-corrected chi connectivity index (χ1v) is 5.55. The van der Waals surface area contributed by atoms with Gasteiger partial charge in [-0.3, -0.25) is 0 Å². The molecule has 0 aliphatic carbocycles. The molecule has 0 bridgehead atoms. The Morgan fingerprint density at radius 2 is 1.75 bits per heavy atom. The Balaban J connectivity index is 4.13. The molecule has 0 aromatic rings. The van der Waals surface area contributed by atoms with E-state index in [0.717, 1.165) is 0 Å². The fraction of sp³-hybridized carbons (Fsp3) is 1.00. The SMILES string of the molecule is CC(C)(CO)C(Br)CC(Cl)(Cl)Cl. The third kappa shape index (κ3) is 5.13. The molecule has 0 aromatic heterocycles. The molecular formula is C7H12BrCl3O. The highest BCUT2D eigenvalue weighted by atomic mass is 79.9. The van der Waals surface area contributed by atoms with Crippen LogP contribution < -0.4 is 0 Å². The van der Waals surface area contributed by atoms with Gasteiger partial charge in [-0.15, -0.1) is 0 Å². The highest BCUT2D eigenvalue weighted by Crippen LogP contribution is 2.39. The topological polar surface area (TPSA) is 20.2 Å². The summed E-state index contributed by atoms with van der Waals surface area (Å²) in [5.74, 6) is 0. The van der Waals surface area contributed by atoms with Gasteiger partial charge in [0, 0.05) is 23.3 Å². The van der Waals surface area contributed by atoms with Crippen molar-refractivity contribution in [1.82, 2.24) is 0 Å². The number of aliphatic hydroxyl groups is 1. The molecule has 0 aromatic carbocycles. The van der Waals surface area contributed by atoms with Gasteiger partial charge in [0.2, 0.25) is 0 Å². The monoisotopic (exact) mass is 296 g/mol. The van der Waals surface area contributed by atoms with E-state index < -0.39 is 3.79 Å². The quantitative estimate of drug-likeness (QED) is 0.790. The van der Waals surface area contributed by atoms with E-state index in [9.17, 15) is 0 Å². The van der Waals surface area contributed by atoms with Crippen molar-refractivity contribution < 1.29 is 5.11 Å². The maximum absolute atomic E-state index is 9.00. The lowest BCUT2D eigenvalue weighted by Gasteiger charge is -2.30. The summed E-state index contributed by atoms with van der Waals surface area (Å²) in [7, 11) is 0. The minimum atomic E-state index is -1.26. The first-order chi connectivity index (χ1) is 5.19. The molecule has 1 unspecified atom stereocenters. The predicted molar refractivity (Wildman–Crippen MR) is 58.5 cm³/mol. The van der Waals surface area contributed by atoms with E-state index in [4.69, 9.17) is 39.9 Å². The van der Waals surface area contributed by atoms with Crippen molar-refractivity contribution in [1.29, 1.82) is 0 Å². The molecular weight excluding hydrogens is 286 g/mol. The summed E-state index contributed by atoms with van der Waals surface area (Å²) < 4.78 is -1.26.